The standard InChI is InChI=1S/C25H31N3O7S/c1-17-3-8-22(13-18(17)2)36(32,33)28-15-21(29)14-23(28)25(31)35-16-24(30)26-19-4-6-20(7-5-19)27-9-11-34-12-10-27/h3-8,13,21,23,29H,9-12,14-16H2,1-2H3,(H,26,30)/t21-,23+/m1/s1. The van der Waals surface area contributed by atoms with Crippen LogP contribution in [0.15, 0.2) is 47.4 Å². The number of amides is 1. The summed E-state index contributed by atoms with van der Waals surface area (Å²) < 4.78 is 37.8. The smallest absolute Gasteiger partial charge is 0.325 e. The van der Waals surface area contributed by atoms with E-state index in [-0.39, 0.29) is 17.9 Å². The Hall–Kier alpha value is -2.99. The highest BCUT2D eigenvalue weighted by Gasteiger charge is 2.44. The number of benzene rings is 2. The van der Waals surface area contributed by atoms with Crippen LogP contribution in [0.25, 0.3) is 0 Å². The van der Waals surface area contributed by atoms with Gasteiger partial charge in [0, 0.05) is 37.4 Å². The average molecular weight is 518 g/mol. The van der Waals surface area contributed by atoms with E-state index in [4.69, 9.17) is 9.47 Å². The van der Waals surface area contributed by atoms with E-state index in [1.54, 1.807) is 25.1 Å². The molecule has 0 spiro atoms. The third kappa shape index (κ3) is 5.86. The van der Waals surface area contributed by atoms with Crippen LogP contribution in [0.4, 0.5) is 11.4 Å². The highest BCUT2D eigenvalue weighted by molar-refractivity contribution is 7.89. The minimum Gasteiger partial charge on any atom is -0.454 e. The number of hydrogen-bond acceptors (Lipinski definition) is 8. The number of aliphatic hydroxyl groups is 1. The fourth-order valence-corrected chi connectivity index (χ4v) is 5.99. The van der Waals surface area contributed by atoms with Crippen molar-refractivity contribution >= 4 is 33.3 Å². The lowest BCUT2D eigenvalue weighted by Gasteiger charge is -2.28. The number of morpholine rings is 1. The molecule has 0 saturated carbocycles. The number of aliphatic hydroxyl groups excluding tert-OH is 1. The molecule has 36 heavy (non-hydrogen) atoms. The first-order valence-electron chi connectivity index (χ1n) is 11.8. The number of esters is 1. The number of carbonyl (C=O) groups is 2. The SMILES string of the molecule is Cc1ccc(S(=O)(=O)N2C[C@H](O)C[C@H]2C(=O)OCC(=O)Nc2ccc(N3CCOCC3)cc2)cc1C. The maximum absolute atomic E-state index is 13.2. The molecular weight excluding hydrogens is 486 g/mol. The zero-order chi connectivity index (χ0) is 25.9. The summed E-state index contributed by atoms with van der Waals surface area (Å²) in [6, 6.07) is 10.8. The number of nitrogens with one attached hydrogen (secondary N) is 1. The average Bonchev–Trinajstić information content (AvgIpc) is 3.28. The van der Waals surface area contributed by atoms with Crippen LogP contribution in [0, 0.1) is 13.8 Å². The van der Waals surface area contributed by atoms with E-state index in [1.165, 1.54) is 12.1 Å². The van der Waals surface area contributed by atoms with Gasteiger partial charge >= 0.3 is 5.97 Å². The first kappa shape index (κ1) is 26.1. The van der Waals surface area contributed by atoms with E-state index in [9.17, 15) is 23.1 Å². The van der Waals surface area contributed by atoms with Crippen molar-refractivity contribution in [2.75, 3.05) is 49.7 Å². The topological polar surface area (TPSA) is 125 Å². The number of aryl methyl sites for hydroxylation is 2. The lowest BCUT2D eigenvalue weighted by molar-refractivity contribution is -0.150. The Morgan fingerprint density at radius 3 is 2.44 bits per heavy atom. The van der Waals surface area contributed by atoms with Gasteiger partial charge in [-0.05, 0) is 61.4 Å². The highest BCUT2D eigenvalue weighted by Crippen LogP contribution is 2.28. The highest BCUT2D eigenvalue weighted by atomic mass is 32.2. The first-order chi connectivity index (χ1) is 17.1. The molecule has 2 aliphatic rings. The number of rotatable bonds is 7. The molecule has 4 rings (SSSR count). The Labute approximate surface area is 210 Å². The van der Waals surface area contributed by atoms with E-state index in [0.717, 1.165) is 34.2 Å². The van der Waals surface area contributed by atoms with Crippen LogP contribution >= 0.6 is 0 Å². The monoisotopic (exact) mass is 517 g/mol. The van der Waals surface area contributed by atoms with Crippen LogP contribution in [0.1, 0.15) is 17.5 Å². The normalized spacial score (nSPS) is 20.8. The summed E-state index contributed by atoms with van der Waals surface area (Å²) in [5.41, 5.74) is 3.30. The van der Waals surface area contributed by atoms with E-state index in [2.05, 4.69) is 10.2 Å². The molecule has 194 valence electrons. The summed E-state index contributed by atoms with van der Waals surface area (Å²) in [7, 11) is -4.05. The van der Waals surface area contributed by atoms with E-state index < -0.39 is 40.7 Å². The summed E-state index contributed by atoms with van der Waals surface area (Å²) in [6.45, 7) is 5.81. The number of hydrogen-bond donors (Lipinski definition) is 2. The van der Waals surface area contributed by atoms with Gasteiger partial charge in [0.1, 0.15) is 6.04 Å². The van der Waals surface area contributed by atoms with Gasteiger partial charge in [-0.3, -0.25) is 9.59 Å². The second kappa shape index (κ2) is 11.0. The Kier molecular flexibility index (Phi) is 7.94. The van der Waals surface area contributed by atoms with Gasteiger partial charge in [-0.15, -0.1) is 0 Å². The van der Waals surface area contributed by atoms with Gasteiger partial charge in [-0.1, -0.05) is 6.07 Å². The zero-order valence-corrected chi connectivity index (χ0v) is 21.2. The summed E-state index contributed by atoms with van der Waals surface area (Å²) in [6.07, 6.45) is -1.12. The molecule has 2 saturated heterocycles. The predicted molar refractivity (Wildman–Crippen MR) is 133 cm³/mol. The number of anilines is 2. The van der Waals surface area contributed by atoms with Crippen LogP contribution in [0.5, 0.6) is 0 Å². The molecule has 0 unspecified atom stereocenters. The third-order valence-corrected chi connectivity index (χ3v) is 8.33. The van der Waals surface area contributed by atoms with E-state index in [1.807, 2.05) is 19.1 Å². The molecule has 2 fully saturated rings. The Balaban J connectivity index is 1.35. The molecule has 0 aromatic heterocycles. The lowest BCUT2D eigenvalue weighted by atomic mass is 10.1. The Bertz CT molecular complexity index is 1210. The maximum atomic E-state index is 13.2. The molecule has 10 nitrogen and oxygen atoms in total. The Morgan fingerprint density at radius 1 is 1.08 bits per heavy atom. The summed E-state index contributed by atoms with van der Waals surface area (Å²) in [4.78, 5) is 27.3. The van der Waals surface area contributed by atoms with Crippen molar-refractivity contribution in [3.05, 3.63) is 53.6 Å². The third-order valence-electron chi connectivity index (χ3n) is 6.46. The van der Waals surface area contributed by atoms with Crippen LogP contribution in [0.2, 0.25) is 0 Å². The second-order valence-electron chi connectivity index (χ2n) is 9.03. The van der Waals surface area contributed by atoms with Crippen LogP contribution < -0.4 is 10.2 Å². The molecule has 2 aliphatic heterocycles. The van der Waals surface area contributed by atoms with Gasteiger partial charge in [0.15, 0.2) is 6.61 Å². The van der Waals surface area contributed by atoms with Crippen molar-refractivity contribution < 1.29 is 32.6 Å². The lowest BCUT2D eigenvalue weighted by Crippen LogP contribution is -2.42. The second-order valence-corrected chi connectivity index (χ2v) is 10.9. The number of nitrogens with zero attached hydrogens (tertiary/aromatic N) is 2. The quantitative estimate of drug-likeness (QED) is 0.529. The summed E-state index contributed by atoms with van der Waals surface area (Å²) in [5.74, 6) is -1.43. The summed E-state index contributed by atoms with van der Waals surface area (Å²) in [5, 5.41) is 12.8. The van der Waals surface area contributed by atoms with Gasteiger partial charge in [0.05, 0.1) is 24.2 Å². The predicted octanol–water partition coefficient (Wildman–Crippen LogP) is 1.45. The van der Waals surface area contributed by atoms with Crippen molar-refractivity contribution in [1.82, 2.24) is 4.31 Å². The molecular formula is C25H31N3O7S. The molecule has 2 N–H and O–H groups in total. The molecule has 0 bridgehead atoms. The van der Waals surface area contributed by atoms with Crippen LogP contribution in [-0.4, -0.2) is 81.3 Å². The van der Waals surface area contributed by atoms with Gasteiger partial charge in [-0.2, -0.15) is 4.31 Å². The minimum absolute atomic E-state index is 0.0377. The van der Waals surface area contributed by atoms with Crippen molar-refractivity contribution in [3.8, 4) is 0 Å². The molecule has 0 aliphatic carbocycles. The van der Waals surface area contributed by atoms with Crippen LogP contribution in [-0.2, 0) is 29.1 Å². The number of ether oxygens (including phenoxy) is 2. The maximum Gasteiger partial charge on any atom is 0.325 e. The summed E-state index contributed by atoms with van der Waals surface area (Å²) >= 11 is 0. The molecule has 2 heterocycles. The number of sulfonamides is 1. The largest absolute Gasteiger partial charge is 0.454 e. The van der Waals surface area contributed by atoms with Crippen molar-refractivity contribution in [2.24, 2.45) is 0 Å². The number of carbonyl (C=O) groups excluding carboxylic acids is 2. The zero-order valence-electron chi connectivity index (χ0n) is 20.3. The van der Waals surface area contributed by atoms with Crippen LogP contribution in [0.3, 0.4) is 0 Å². The molecule has 2 aromatic carbocycles. The van der Waals surface area contributed by atoms with Crippen molar-refractivity contribution in [3.63, 3.8) is 0 Å². The van der Waals surface area contributed by atoms with Gasteiger partial charge in [-0.25, -0.2) is 8.42 Å². The molecule has 1 amide bonds. The van der Waals surface area contributed by atoms with E-state index >= 15 is 0 Å². The fourth-order valence-electron chi connectivity index (χ4n) is 4.28. The Morgan fingerprint density at radius 2 is 1.78 bits per heavy atom. The van der Waals surface area contributed by atoms with Gasteiger partial charge < -0.3 is 24.8 Å². The molecule has 2 atom stereocenters. The molecule has 11 heteroatoms. The van der Waals surface area contributed by atoms with E-state index in [0.29, 0.717) is 18.9 Å². The van der Waals surface area contributed by atoms with Crippen molar-refractivity contribution in [1.29, 1.82) is 0 Å². The fraction of sp³-hybridized carbons (Fsp3) is 0.440. The first-order valence-corrected chi connectivity index (χ1v) is 13.3. The number of β-amino-alcohol motifs (C(OH)–C–C–N with tert-alkyl or cyclic N) is 1. The molecule has 0 radical (unpaired) electrons. The van der Waals surface area contributed by atoms with Crippen molar-refractivity contribution in [2.45, 2.75) is 37.3 Å². The van der Waals surface area contributed by atoms with Gasteiger partial charge in [0.25, 0.3) is 5.91 Å². The van der Waals surface area contributed by atoms with Gasteiger partial charge in [0.2, 0.25) is 10.0 Å². The minimum atomic E-state index is -4.05. The molecule has 2 aromatic rings.